The third-order valence-electron chi connectivity index (χ3n) is 2.41. The number of hydrogen-bond acceptors (Lipinski definition) is 3. The predicted molar refractivity (Wildman–Crippen MR) is 54.0 cm³/mol. The molecule has 0 saturated carbocycles. The summed E-state index contributed by atoms with van der Waals surface area (Å²) >= 11 is 0. The predicted octanol–water partition coefficient (Wildman–Crippen LogP) is 1.31. The van der Waals surface area contributed by atoms with Gasteiger partial charge in [-0.1, -0.05) is 0 Å². The minimum Gasteiger partial charge on any atom is -0.472 e. The summed E-state index contributed by atoms with van der Waals surface area (Å²) in [6, 6.07) is 4.86. The molecule has 15 heavy (non-hydrogen) atoms. The molecule has 0 N–H and O–H groups in total. The van der Waals surface area contributed by atoms with Gasteiger partial charge in [0.2, 0.25) is 0 Å². The zero-order chi connectivity index (χ0) is 10.8. The van der Waals surface area contributed by atoms with Crippen molar-refractivity contribution < 1.29 is 14.3 Å². The van der Waals surface area contributed by atoms with Gasteiger partial charge in [-0.2, -0.15) is 0 Å². The van der Waals surface area contributed by atoms with Crippen molar-refractivity contribution in [2.24, 2.45) is 0 Å². The van der Waals surface area contributed by atoms with Gasteiger partial charge in [-0.25, -0.2) is 0 Å². The lowest BCUT2D eigenvalue weighted by molar-refractivity contribution is 0.0538. The molecular weight excluding hydrogens is 194 g/mol. The van der Waals surface area contributed by atoms with E-state index in [9.17, 15) is 9.59 Å². The Balaban J connectivity index is 2.44. The van der Waals surface area contributed by atoms with E-state index in [4.69, 9.17) is 4.74 Å². The molecule has 0 unspecified atom stereocenters. The molecule has 4 nitrogen and oxygen atoms in total. The van der Waals surface area contributed by atoms with Crippen molar-refractivity contribution in [3.63, 3.8) is 0 Å². The fourth-order valence-electron chi connectivity index (χ4n) is 1.53. The number of carbonyl (C=O) groups excluding carboxylic acids is 2. The van der Waals surface area contributed by atoms with Crippen LogP contribution < -0.4 is 4.74 Å². The zero-order valence-corrected chi connectivity index (χ0v) is 8.40. The second-order valence-corrected chi connectivity index (χ2v) is 3.31. The molecule has 1 aliphatic heterocycles. The number of carbonyl (C=O) groups is 2. The van der Waals surface area contributed by atoms with Crippen LogP contribution in [0.25, 0.3) is 0 Å². The summed E-state index contributed by atoms with van der Waals surface area (Å²) in [5, 5.41) is 0. The SMILES string of the molecule is CCN1COc2ccc(C=O)cc2C1=O. The Morgan fingerprint density at radius 2 is 2.33 bits per heavy atom. The lowest BCUT2D eigenvalue weighted by atomic mass is 10.1. The first-order chi connectivity index (χ1) is 7.26. The Hall–Kier alpha value is -1.84. The molecular formula is C11H11NO3. The molecule has 0 saturated heterocycles. The first kappa shape index (κ1) is 9.71. The maximum Gasteiger partial charge on any atom is 0.260 e. The summed E-state index contributed by atoms with van der Waals surface area (Å²) in [6.45, 7) is 2.77. The van der Waals surface area contributed by atoms with Gasteiger partial charge in [-0.3, -0.25) is 9.59 Å². The first-order valence-electron chi connectivity index (χ1n) is 4.77. The van der Waals surface area contributed by atoms with Crippen molar-refractivity contribution in [3.05, 3.63) is 29.3 Å². The van der Waals surface area contributed by atoms with Gasteiger partial charge in [0, 0.05) is 12.1 Å². The van der Waals surface area contributed by atoms with E-state index in [1.54, 1.807) is 23.1 Å². The quantitative estimate of drug-likeness (QED) is 0.684. The van der Waals surface area contributed by atoms with Crippen LogP contribution in [0.15, 0.2) is 18.2 Å². The van der Waals surface area contributed by atoms with Gasteiger partial charge in [-0.15, -0.1) is 0 Å². The summed E-state index contributed by atoms with van der Waals surface area (Å²) < 4.78 is 5.39. The second-order valence-electron chi connectivity index (χ2n) is 3.31. The van der Waals surface area contributed by atoms with E-state index in [1.807, 2.05) is 6.92 Å². The molecule has 1 aromatic carbocycles. The number of fused-ring (bicyclic) bond motifs is 1. The summed E-state index contributed by atoms with van der Waals surface area (Å²) in [7, 11) is 0. The molecule has 0 radical (unpaired) electrons. The van der Waals surface area contributed by atoms with Gasteiger partial charge < -0.3 is 9.64 Å². The molecule has 78 valence electrons. The van der Waals surface area contributed by atoms with E-state index in [0.717, 1.165) is 6.29 Å². The summed E-state index contributed by atoms with van der Waals surface area (Å²) in [5.41, 5.74) is 0.955. The van der Waals surface area contributed by atoms with Crippen LogP contribution in [0.5, 0.6) is 5.75 Å². The Morgan fingerprint density at radius 1 is 1.53 bits per heavy atom. The van der Waals surface area contributed by atoms with Crippen LogP contribution >= 0.6 is 0 Å². The van der Waals surface area contributed by atoms with E-state index < -0.39 is 0 Å². The van der Waals surface area contributed by atoms with Crippen LogP contribution in [-0.2, 0) is 0 Å². The highest BCUT2D eigenvalue weighted by Gasteiger charge is 2.24. The molecule has 1 heterocycles. The molecule has 0 bridgehead atoms. The normalized spacial score (nSPS) is 14.5. The Kier molecular flexibility index (Phi) is 2.41. The van der Waals surface area contributed by atoms with Crippen LogP contribution in [0, 0.1) is 0 Å². The van der Waals surface area contributed by atoms with Crippen molar-refractivity contribution in [2.75, 3.05) is 13.3 Å². The molecule has 1 amide bonds. The van der Waals surface area contributed by atoms with Crippen molar-refractivity contribution in [1.29, 1.82) is 0 Å². The molecule has 0 fully saturated rings. The smallest absolute Gasteiger partial charge is 0.260 e. The molecule has 1 aromatic rings. The first-order valence-corrected chi connectivity index (χ1v) is 4.77. The van der Waals surface area contributed by atoms with Crippen molar-refractivity contribution in [3.8, 4) is 5.75 Å². The third kappa shape index (κ3) is 1.58. The molecule has 1 aliphatic rings. The number of benzene rings is 1. The van der Waals surface area contributed by atoms with Crippen LogP contribution in [-0.4, -0.2) is 30.4 Å². The summed E-state index contributed by atoms with van der Waals surface area (Å²) in [6.07, 6.45) is 0.721. The number of ether oxygens (including phenoxy) is 1. The highest BCUT2D eigenvalue weighted by Crippen LogP contribution is 2.25. The van der Waals surface area contributed by atoms with E-state index in [-0.39, 0.29) is 12.6 Å². The number of amides is 1. The Morgan fingerprint density at radius 3 is 3.00 bits per heavy atom. The minimum absolute atomic E-state index is 0.0811. The molecule has 0 aliphatic carbocycles. The van der Waals surface area contributed by atoms with E-state index in [1.165, 1.54) is 0 Å². The third-order valence-corrected chi connectivity index (χ3v) is 2.41. The summed E-state index contributed by atoms with van der Waals surface area (Å²) in [4.78, 5) is 24.0. The fraction of sp³-hybridized carbons (Fsp3) is 0.273. The fourth-order valence-corrected chi connectivity index (χ4v) is 1.53. The van der Waals surface area contributed by atoms with Crippen LogP contribution in [0.3, 0.4) is 0 Å². The van der Waals surface area contributed by atoms with Crippen molar-refractivity contribution in [1.82, 2.24) is 4.90 Å². The monoisotopic (exact) mass is 205 g/mol. The van der Waals surface area contributed by atoms with Crippen LogP contribution in [0.1, 0.15) is 27.6 Å². The largest absolute Gasteiger partial charge is 0.472 e. The van der Waals surface area contributed by atoms with Gasteiger partial charge in [0.05, 0.1) is 5.56 Å². The van der Waals surface area contributed by atoms with Crippen molar-refractivity contribution in [2.45, 2.75) is 6.92 Å². The average molecular weight is 205 g/mol. The van der Waals surface area contributed by atoms with Crippen LogP contribution in [0.2, 0.25) is 0 Å². The number of aldehydes is 1. The molecule has 0 aromatic heterocycles. The zero-order valence-electron chi connectivity index (χ0n) is 8.40. The highest BCUT2D eigenvalue weighted by molar-refractivity contribution is 5.99. The van der Waals surface area contributed by atoms with Crippen molar-refractivity contribution >= 4 is 12.2 Å². The topological polar surface area (TPSA) is 46.6 Å². The van der Waals surface area contributed by atoms with E-state index >= 15 is 0 Å². The standard InChI is InChI=1S/C11H11NO3/c1-2-12-7-15-10-4-3-8(6-13)5-9(10)11(12)14/h3-6H,2,7H2,1H3. The van der Waals surface area contributed by atoms with Gasteiger partial charge in [0.15, 0.2) is 6.73 Å². The summed E-state index contributed by atoms with van der Waals surface area (Å²) in [5.74, 6) is 0.470. The maximum atomic E-state index is 11.8. The molecule has 2 rings (SSSR count). The second kappa shape index (κ2) is 3.73. The number of hydrogen-bond donors (Lipinski definition) is 0. The van der Waals surface area contributed by atoms with Gasteiger partial charge in [0.25, 0.3) is 5.91 Å². The molecule has 4 heteroatoms. The van der Waals surface area contributed by atoms with Crippen LogP contribution in [0.4, 0.5) is 0 Å². The lowest BCUT2D eigenvalue weighted by Gasteiger charge is -2.27. The lowest BCUT2D eigenvalue weighted by Crippen LogP contribution is -2.38. The van der Waals surface area contributed by atoms with Gasteiger partial charge in [0.1, 0.15) is 12.0 Å². The van der Waals surface area contributed by atoms with Gasteiger partial charge >= 0.3 is 0 Å². The van der Waals surface area contributed by atoms with Gasteiger partial charge in [-0.05, 0) is 25.1 Å². The maximum absolute atomic E-state index is 11.8. The molecule has 0 spiro atoms. The number of rotatable bonds is 2. The Bertz CT molecular complexity index is 414. The average Bonchev–Trinajstić information content (AvgIpc) is 2.29. The van der Waals surface area contributed by atoms with E-state index in [2.05, 4.69) is 0 Å². The van der Waals surface area contributed by atoms with E-state index in [0.29, 0.717) is 23.4 Å². The minimum atomic E-state index is -0.0811. The molecule has 0 atom stereocenters. The number of nitrogens with zero attached hydrogens (tertiary/aromatic N) is 1. The Labute approximate surface area is 87.4 Å². The highest BCUT2D eigenvalue weighted by atomic mass is 16.5.